The highest BCUT2D eigenvalue weighted by Gasteiger charge is 2.46. The number of Topliss-reactive ketones (excluding diaryl/α,β-unsaturated/α-hetero) is 1. The second-order valence-electron chi connectivity index (χ2n) is 8.07. The van der Waals surface area contributed by atoms with Gasteiger partial charge in [-0.1, -0.05) is 32.0 Å². The standard InChI is InChI=1S/C26H31NO6/c1-6-33-21-12-11-17(15-19(21)16(2)3)24(28)22-23(18-9-7-8-10-20(18)32-5)27(13-14-31-4)26(30)25(22)29/h7-12,15-16,23,28H,6,13-14H2,1-5H3/b24-22+. The molecule has 1 N–H and O–H groups in total. The number of aliphatic hydroxyl groups is 1. The van der Waals surface area contributed by atoms with Crippen molar-refractivity contribution in [3.63, 3.8) is 0 Å². The fourth-order valence-corrected chi connectivity index (χ4v) is 4.11. The van der Waals surface area contributed by atoms with E-state index in [1.54, 1.807) is 24.3 Å². The average molecular weight is 454 g/mol. The molecule has 0 bridgehead atoms. The van der Waals surface area contributed by atoms with Crippen LogP contribution in [0.1, 0.15) is 49.4 Å². The second kappa shape index (κ2) is 10.5. The molecular weight excluding hydrogens is 422 g/mol. The zero-order valence-corrected chi connectivity index (χ0v) is 19.8. The third-order valence-corrected chi connectivity index (χ3v) is 5.71. The Morgan fingerprint density at radius 2 is 1.82 bits per heavy atom. The van der Waals surface area contributed by atoms with E-state index in [-0.39, 0.29) is 30.4 Å². The van der Waals surface area contributed by atoms with E-state index in [9.17, 15) is 14.7 Å². The van der Waals surface area contributed by atoms with Crippen molar-refractivity contribution < 1.29 is 28.9 Å². The predicted molar refractivity (Wildman–Crippen MR) is 126 cm³/mol. The number of aliphatic hydroxyl groups excluding tert-OH is 1. The summed E-state index contributed by atoms with van der Waals surface area (Å²) >= 11 is 0. The van der Waals surface area contributed by atoms with Gasteiger partial charge in [-0.3, -0.25) is 9.59 Å². The Bertz CT molecular complexity index is 1060. The number of hydrogen-bond donors (Lipinski definition) is 1. The molecule has 2 aromatic rings. The molecule has 0 saturated carbocycles. The molecule has 2 aromatic carbocycles. The van der Waals surface area contributed by atoms with E-state index in [0.29, 0.717) is 23.5 Å². The minimum Gasteiger partial charge on any atom is -0.507 e. The second-order valence-corrected chi connectivity index (χ2v) is 8.07. The minimum atomic E-state index is -0.801. The summed E-state index contributed by atoms with van der Waals surface area (Å²) in [5, 5.41) is 11.3. The number of ether oxygens (including phenoxy) is 3. The highest BCUT2D eigenvalue weighted by Crippen LogP contribution is 2.43. The Morgan fingerprint density at radius 1 is 1.09 bits per heavy atom. The number of methoxy groups -OCH3 is 2. The van der Waals surface area contributed by atoms with Gasteiger partial charge in [0.1, 0.15) is 17.3 Å². The van der Waals surface area contributed by atoms with Crippen molar-refractivity contribution in [1.29, 1.82) is 0 Å². The van der Waals surface area contributed by atoms with Crippen LogP contribution in [-0.2, 0) is 14.3 Å². The van der Waals surface area contributed by atoms with Crippen molar-refractivity contribution >= 4 is 17.4 Å². The number of likely N-dealkylation sites (tertiary alicyclic amines) is 1. The van der Waals surface area contributed by atoms with Gasteiger partial charge >= 0.3 is 0 Å². The summed E-state index contributed by atoms with van der Waals surface area (Å²) in [7, 11) is 3.06. The average Bonchev–Trinajstić information content (AvgIpc) is 3.07. The molecule has 1 saturated heterocycles. The van der Waals surface area contributed by atoms with E-state index < -0.39 is 17.7 Å². The molecule has 33 heavy (non-hydrogen) atoms. The first-order valence-electron chi connectivity index (χ1n) is 11.0. The summed E-state index contributed by atoms with van der Waals surface area (Å²) in [4.78, 5) is 27.5. The molecule has 7 nitrogen and oxygen atoms in total. The van der Waals surface area contributed by atoms with Crippen molar-refractivity contribution in [2.75, 3.05) is 34.0 Å². The van der Waals surface area contributed by atoms with Gasteiger partial charge in [0.2, 0.25) is 0 Å². The topological polar surface area (TPSA) is 85.3 Å². The molecule has 1 fully saturated rings. The Morgan fingerprint density at radius 3 is 2.45 bits per heavy atom. The van der Waals surface area contributed by atoms with E-state index in [4.69, 9.17) is 14.2 Å². The van der Waals surface area contributed by atoms with Gasteiger partial charge in [0.25, 0.3) is 11.7 Å². The van der Waals surface area contributed by atoms with Crippen molar-refractivity contribution in [1.82, 2.24) is 4.90 Å². The highest BCUT2D eigenvalue weighted by molar-refractivity contribution is 6.46. The number of rotatable bonds is 9. The third kappa shape index (κ3) is 4.73. The summed E-state index contributed by atoms with van der Waals surface area (Å²) in [5.41, 5.74) is 2.00. The van der Waals surface area contributed by atoms with Crippen molar-refractivity contribution in [3.05, 3.63) is 64.7 Å². The lowest BCUT2D eigenvalue weighted by molar-refractivity contribution is -0.140. The monoisotopic (exact) mass is 453 g/mol. The summed E-state index contributed by atoms with van der Waals surface area (Å²) in [5.74, 6) is -0.264. The predicted octanol–water partition coefficient (Wildman–Crippen LogP) is 4.29. The molecule has 1 amide bonds. The Balaban J connectivity index is 2.21. The zero-order valence-electron chi connectivity index (χ0n) is 19.8. The molecule has 1 aliphatic rings. The maximum atomic E-state index is 13.1. The molecule has 3 rings (SSSR count). The van der Waals surface area contributed by atoms with Gasteiger partial charge in [-0.25, -0.2) is 0 Å². The van der Waals surface area contributed by atoms with E-state index in [1.807, 2.05) is 39.0 Å². The van der Waals surface area contributed by atoms with Gasteiger partial charge < -0.3 is 24.2 Å². The molecule has 7 heteroatoms. The van der Waals surface area contributed by atoms with Crippen LogP contribution >= 0.6 is 0 Å². The van der Waals surface area contributed by atoms with E-state index >= 15 is 0 Å². The number of para-hydroxylation sites is 1. The SMILES string of the molecule is CCOc1ccc(/C(O)=C2\C(=O)C(=O)N(CCOC)C2c2ccccc2OC)cc1C(C)C. The molecule has 0 radical (unpaired) electrons. The first-order valence-corrected chi connectivity index (χ1v) is 11.0. The number of amides is 1. The van der Waals surface area contributed by atoms with Gasteiger partial charge in [0.05, 0.1) is 31.9 Å². The lowest BCUT2D eigenvalue weighted by atomic mass is 9.92. The van der Waals surface area contributed by atoms with Crippen LogP contribution in [0.4, 0.5) is 0 Å². The largest absolute Gasteiger partial charge is 0.507 e. The highest BCUT2D eigenvalue weighted by atomic mass is 16.5. The summed E-state index contributed by atoms with van der Waals surface area (Å²) in [6.45, 7) is 6.93. The van der Waals surface area contributed by atoms with Crippen LogP contribution in [0.5, 0.6) is 11.5 Å². The molecule has 0 aliphatic carbocycles. The lowest BCUT2D eigenvalue weighted by Gasteiger charge is -2.26. The van der Waals surface area contributed by atoms with Crippen LogP contribution in [0.15, 0.2) is 48.0 Å². The molecule has 0 spiro atoms. The molecule has 0 aromatic heterocycles. The number of ketones is 1. The maximum Gasteiger partial charge on any atom is 0.295 e. The fraction of sp³-hybridized carbons (Fsp3) is 0.385. The molecule has 1 unspecified atom stereocenters. The number of hydrogen-bond acceptors (Lipinski definition) is 6. The van der Waals surface area contributed by atoms with Crippen LogP contribution < -0.4 is 9.47 Å². The summed E-state index contributed by atoms with van der Waals surface area (Å²) in [6, 6.07) is 11.7. The molecule has 176 valence electrons. The zero-order chi connectivity index (χ0) is 24.1. The van der Waals surface area contributed by atoms with E-state index in [1.165, 1.54) is 19.1 Å². The molecule has 1 aliphatic heterocycles. The van der Waals surface area contributed by atoms with Crippen molar-refractivity contribution in [2.24, 2.45) is 0 Å². The smallest absolute Gasteiger partial charge is 0.295 e. The first-order chi connectivity index (χ1) is 15.8. The number of carbonyl (C=O) groups excluding carboxylic acids is 2. The summed E-state index contributed by atoms with van der Waals surface area (Å²) < 4.78 is 16.4. The number of carbonyl (C=O) groups is 2. The summed E-state index contributed by atoms with van der Waals surface area (Å²) in [6.07, 6.45) is 0. The molecule has 1 heterocycles. The fourth-order valence-electron chi connectivity index (χ4n) is 4.11. The molecule has 1 atom stereocenters. The number of benzene rings is 2. The van der Waals surface area contributed by atoms with Gasteiger partial charge in [-0.2, -0.15) is 0 Å². The lowest BCUT2D eigenvalue weighted by Crippen LogP contribution is -2.32. The maximum absolute atomic E-state index is 13.1. The quantitative estimate of drug-likeness (QED) is 0.346. The van der Waals surface area contributed by atoms with E-state index in [2.05, 4.69) is 0 Å². The third-order valence-electron chi connectivity index (χ3n) is 5.71. The van der Waals surface area contributed by atoms with Gasteiger partial charge in [-0.15, -0.1) is 0 Å². The van der Waals surface area contributed by atoms with Gasteiger partial charge in [0, 0.05) is 24.8 Å². The van der Waals surface area contributed by atoms with Crippen molar-refractivity contribution in [3.8, 4) is 11.5 Å². The number of nitrogens with zero attached hydrogens (tertiary/aromatic N) is 1. The van der Waals surface area contributed by atoms with Crippen LogP contribution in [0.2, 0.25) is 0 Å². The Hall–Kier alpha value is -3.32. The minimum absolute atomic E-state index is 0.0273. The Labute approximate surface area is 194 Å². The van der Waals surface area contributed by atoms with Gasteiger partial charge in [0.15, 0.2) is 0 Å². The normalized spacial score (nSPS) is 17.6. The Kier molecular flexibility index (Phi) is 7.76. The van der Waals surface area contributed by atoms with E-state index in [0.717, 1.165) is 11.3 Å². The van der Waals surface area contributed by atoms with Crippen molar-refractivity contribution in [2.45, 2.75) is 32.7 Å². The van der Waals surface area contributed by atoms with Crippen LogP contribution in [0, 0.1) is 0 Å². The van der Waals surface area contributed by atoms with Gasteiger partial charge in [-0.05, 0) is 42.7 Å². The molecular formula is C26H31NO6. The first kappa shape index (κ1) is 24.3. The van der Waals surface area contributed by atoms with Crippen LogP contribution in [0.3, 0.4) is 0 Å². The van der Waals surface area contributed by atoms with Crippen LogP contribution in [-0.4, -0.2) is 55.7 Å². The van der Waals surface area contributed by atoms with Crippen LogP contribution in [0.25, 0.3) is 5.76 Å².